The number of carbonyl (C=O) groups excluding carboxylic acids is 1. The van der Waals surface area contributed by atoms with Crippen molar-refractivity contribution in [2.45, 2.75) is 18.6 Å². The third kappa shape index (κ3) is 5.40. The number of hydrogen-bond acceptors (Lipinski definition) is 8. The standard InChI is InChI=1S/C28H30N2O6/c31-21-8-6-19(7-9-21)26-16-25(34)28-24(33)14-23(15-27(28)36-26)35-18-22(32)17-29-10-12-30(13-11-29)20-4-2-1-3-5-20/h1-9,14-15,22,26,31-33H,10-13,16-18H2. The fraction of sp³-hybridized carbons (Fsp3) is 0.321. The number of phenols is 2. The van der Waals surface area contributed by atoms with Crippen molar-refractivity contribution in [2.24, 2.45) is 0 Å². The fourth-order valence-electron chi connectivity index (χ4n) is 4.74. The van der Waals surface area contributed by atoms with Crippen LogP contribution in [-0.4, -0.2) is 71.4 Å². The summed E-state index contributed by atoms with van der Waals surface area (Å²) in [4.78, 5) is 17.2. The lowest BCUT2D eigenvalue weighted by Crippen LogP contribution is -2.49. The minimum absolute atomic E-state index is 0.0481. The molecule has 0 spiro atoms. The first kappa shape index (κ1) is 24.0. The van der Waals surface area contributed by atoms with Crippen molar-refractivity contribution < 1.29 is 29.6 Å². The molecule has 0 aromatic heterocycles. The zero-order valence-electron chi connectivity index (χ0n) is 19.9. The molecule has 2 aliphatic rings. The number of nitrogens with zero attached hydrogens (tertiary/aromatic N) is 2. The predicted octanol–water partition coefficient (Wildman–Crippen LogP) is 3.37. The van der Waals surface area contributed by atoms with Gasteiger partial charge in [-0.3, -0.25) is 9.69 Å². The van der Waals surface area contributed by atoms with E-state index in [-0.39, 0.29) is 41.6 Å². The SMILES string of the molecule is O=C1CC(c2ccc(O)cc2)Oc2cc(OCC(O)CN3CCN(c4ccccc4)CC3)cc(O)c21. The highest BCUT2D eigenvalue weighted by Crippen LogP contribution is 2.42. The van der Waals surface area contributed by atoms with E-state index in [2.05, 4.69) is 21.9 Å². The summed E-state index contributed by atoms with van der Waals surface area (Å²) in [6.45, 7) is 4.01. The molecule has 1 fully saturated rings. The zero-order valence-corrected chi connectivity index (χ0v) is 19.9. The van der Waals surface area contributed by atoms with Crippen LogP contribution in [-0.2, 0) is 0 Å². The Labute approximate surface area is 209 Å². The van der Waals surface area contributed by atoms with Crippen molar-refractivity contribution in [2.75, 3.05) is 44.2 Å². The second-order valence-corrected chi connectivity index (χ2v) is 9.23. The maximum Gasteiger partial charge on any atom is 0.174 e. The first-order valence-electron chi connectivity index (χ1n) is 12.2. The van der Waals surface area contributed by atoms with Crippen LogP contribution in [0.5, 0.6) is 23.0 Å². The third-order valence-corrected chi connectivity index (χ3v) is 6.64. The van der Waals surface area contributed by atoms with Crippen LogP contribution in [0.1, 0.15) is 28.4 Å². The van der Waals surface area contributed by atoms with Crippen LogP contribution < -0.4 is 14.4 Å². The van der Waals surface area contributed by atoms with E-state index in [4.69, 9.17) is 9.47 Å². The fourth-order valence-corrected chi connectivity index (χ4v) is 4.74. The molecule has 2 unspecified atom stereocenters. The van der Waals surface area contributed by atoms with Gasteiger partial charge in [0.05, 0.1) is 6.42 Å². The summed E-state index contributed by atoms with van der Waals surface area (Å²) in [6.07, 6.45) is -1.15. The number of fused-ring (bicyclic) bond motifs is 1. The normalized spacial score (nSPS) is 18.9. The first-order chi connectivity index (χ1) is 17.5. The van der Waals surface area contributed by atoms with Gasteiger partial charge in [0.2, 0.25) is 0 Å². The third-order valence-electron chi connectivity index (χ3n) is 6.64. The summed E-state index contributed by atoms with van der Waals surface area (Å²) in [5.41, 5.74) is 2.09. The monoisotopic (exact) mass is 490 g/mol. The molecule has 0 amide bonds. The first-order valence-corrected chi connectivity index (χ1v) is 12.2. The average Bonchev–Trinajstić information content (AvgIpc) is 2.88. The maximum atomic E-state index is 12.7. The van der Waals surface area contributed by atoms with Gasteiger partial charge in [0.25, 0.3) is 0 Å². The number of ether oxygens (including phenoxy) is 2. The van der Waals surface area contributed by atoms with Crippen LogP contribution in [0.3, 0.4) is 0 Å². The van der Waals surface area contributed by atoms with E-state index in [1.807, 2.05) is 18.2 Å². The minimum Gasteiger partial charge on any atom is -0.508 e. The number of para-hydroxylation sites is 1. The number of piperazine rings is 1. The summed E-state index contributed by atoms with van der Waals surface area (Å²) in [5.74, 6) is 0.256. The van der Waals surface area contributed by atoms with Gasteiger partial charge in [0.15, 0.2) is 5.78 Å². The van der Waals surface area contributed by atoms with Gasteiger partial charge in [-0.2, -0.15) is 0 Å². The Bertz CT molecular complexity index is 1190. The summed E-state index contributed by atoms with van der Waals surface area (Å²) in [6, 6.07) is 19.7. The van der Waals surface area contributed by atoms with Gasteiger partial charge in [-0.05, 0) is 29.8 Å². The lowest BCUT2D eigenvalue weighted by molar-refractivity contribution is 0.0657. The van der Waals surface area contributed by atoms with E-state index in [0.717, 1.165) is 31.7 Å². The van der Waals surface area contributed by atoms with E-state index in [1.165, 1.54) is 11.8 Å². The van der Waals surface area contributed by atoms with Crippen molar-refractivity contribution in [1.29, 1.82) is 0 Å². The van der Waals surface area contributed by atoms with Gasteiger partial charge in [0.1, 0.15) is 47.4 Å². The van der Waals surface area contributed by atoms with Gasteiger partial charge in [-0.15, -0.1) is 0 Å². The molecule has 0 bridgehead atoms. The molecule has 2 aliphatic heterocycles. The molecule has 0 radical (unpaired) electrons. The number of carbonyl (C=O) groups is 1. The zero-order chi connectivity index (χ0) is 25.1. The molecule has 3 aromatic carbocycles. The quantitative estimate of drug-likeness (QED) is 0.463. The molecule has 188 valence electrons. The number of benzene rings is 3. The van der Waals surface area contributed by atoms with Crippen LogP contribution >= 0.6 is 0 Å². The van der Waals surface area contributed by atoms with Gasteiger partial charge >= 0.3 is 0 Å². The molecule has 3 N–H and O–H groups in total. The highest BCUT2D eigenvalue weighted by Gasteiger charge is 2.31. The molecule has 0 saturated carbocycles. The Hall–Kier alpha value is -3.75. The number of β-amino-alcohol motifs (C(OH)–C–C–N with tert-alkyl or cyclic N) is 1. The average molecular weight is 491 g/mol. The van der Waals surface area contributed by atoms with E-state index < -0.39 is 12.2 Å². The number of ketones is 1. The summed E-state index contributed by atoms with van der Waals surface area (Å²) >= 11 is 0. The van der Waals surface area contributed by atoms with E-state index >= 15 is 0 Å². The molecule has 0 aliphatic carbocycles. The lowest BCUT2D eigenvalue weighted by Gasteiger charge is -2.36. The van der Waals surface area contributed by atoms with Gasteiger partial charge in [0, 0.05) is 50.5 Å². The number of aliphatic hydroxyl groups is 1. The Morgan fingerprint density at radius 2 is 1.69 bits per heavy atom. The molecule has 8 heteroatoms. The van der Waals surface area contributed by atoms with Crippen molar-refractivity contribution in [3.05, 3.63) is 77.9 Å². The minimum atomic E-state index is -0.709. The predicted molar refractivity (Wildman–Crippen MR) is 135 cm³/mol. The topological polar surface area (TPSA) is 103 Å². The van der Waals surface area contributed by atoms with Crippen molar-refractivity contribution in [3.8, 4) is 23.0 Å². The van der Waals surface area contributed by atoms with Crippen LogP contribution in [0.25, 0.3) is 0 Å². The second kappa shape index (κ2) is 10.5. The molecule has 2 atom stereocenters. The second-order valence-electron chi connectivity index (χ2n) is 9.23. The summed E-state index contributed by atoms with van der Waals surface area (Å²) in [5, 5.41) is 30.5. The summed E-state index contributed by atoms with van der Waals surface area (Å²) in [7, 11) is 0. The van der Waals surface area contributed by atoms with Crippen molar-refractivity contribution in [1.82, 2.24) is 4.90 Å². The lowest BCUT2D eigenvalue weighted by atomic mass is 9.95. The largest absolute Gasteiger partial charge is 0.508 e. The summed E-state index contributed by atoms with van der Waals surface area (Å²) < 4.78 is 11.8. The van der Waals surface area contributed by atoms with Crippen LogP contribution in [0, 0.1) is 0 Å². The van der Waals surface area contributed by atoms with Gasteiger partial charge in [-0.1, -0.05) is 30.3 Å². The highest BCUT2D eigenvalue weighted by atomic mass is 16.5. The Morgan fingerprint density at radius 1 is 0.972 bits per heavy atom. The van der Waals surface area contributed by atoms with E-state index in [9.17, 15) is 20.1 Å². The van der Waals surface area contributed by atoms with E-state index in [1.54, 1.807) is 30.3 Å². The molecule has 5 rings (SSSR count). The molecule has 2 heterocycles. The highest BCUT2D eigenvalue weighted by molar-refractivity contribution is 6.02. The number of rotatable bonds is 7. The van der Waals surface area contributed by atoms with Crippen LogP contribution in [0.2, 0.25) is 0 Å². The number of phenolic OH excluding ortho intramolecular Hbond substituents is 2. The molecular formula is C28H30N2O6. The van der Waals surface area contributed by atoms with Gasteiger partial charge < -0.3 is 29.7 Å². The Balaban J connectivity index is 1.17. The Kier molecular flexibility index (Phi) is 6.97. The molecule has 36 heavy (non-hydrogen) atoms. The van der Waals surface area contributed by atoms with Crippen LogP contribution in [0.15, 0.2) is 66.7 Å². The Morgan fingerprint density at radius 3 is 2.42 bits per heavy atom. The smallest absolute Gasteiger partial charge is 0.174 e. The molecule has 3 aromatic rings. The molecule has 8 nitrogen and oxygen atoms in total. The van der Waals surface area contributed by atoms with E-state index in [0.29, 0.717) is 12.3 Å². The maximum absolute atomic E-state index is 12.7. The van der Waals surface area contributed by atoms with Crippen LogP contribution in [0.4, 0.5) is 5.69 Å². The number of anilines is 1. The number of hydrogen-bond donors (Lipinski definition) is 3. The number of Topliss-reactive ketones (excluding diaryl/α,β-unsaturated/α-hetero) is 1. The van der Waals surface area contributed by atoms with Crippen molar-refractivity contribution in [3.63, 3.8) is 0 Å². The molecular weight excluding hydrogens is 460 g/mol. The number of aromatic hydroxyl groups is 2. The number of aliphatic hydroxyl groups excluding tert-OH is 1. The van der Waals surface area contributed by atoms with Gasteiger partial charge in [-0.25, -0.2) is 0 Å². The van der Waals surface area contributed by atoms with Crippen molar-refractivity contribution >= 4 is 11.5 Å². The molecule has 1 saturated heterocycles.